The van der Waals surface area contributed by atoms with Crippen LogP contribution in [0.25, 0.3) is 0 Å². The van der Waals surface area contributed by atoms with Gasteiger partial charge in [0.2, 0.25) is 0 Å². The summed E-state index contributed by atoms with van der Waals surface area (Å²) in [5.74, 6) is -2.12. The van der Waals surface area contributed by atoms with E-state index in [-0.39, 0.29) is 12.1 Å². The van der Waals surface area contributed by atoms with Gasteiger partial charge < -0.3 is 5.32 Å². The summed E-state index contributed by atoms with van der Waals surface area (Å²) in [5.41, 5.74) is 0.0910. The Balaban J connectivity index is 1.87. The topological polar surface area (TPSA) is 12.0 Å². The van der Waals surface area contributed by atoms with Crippen molar-refractivity contribution in [3.63, 3.8) is 0 Å². The molecule has 82 valence electrons. The Morgan fingerprint density at radius 3 is 2.47 bits per heavy atom. The quantitative estimate of drug-likeness (QED) is 0.789. The van der Waals surface area contributed by atoms with Gasteiger partial charge in [-0.3, -0.25) is 0 Å². The van der Waals surface area contributed by atoms with Crippen LogP contribution in [0, 0.1) is 5.92 Å². The fraction of sp³-hybridized carbons (Fsp3) is 0.500. The summed E-state index contributed by atoms with van der Waals surface area (Å²) in [6.07, 6.45) is 2.37. The highest BCUT2D eigenvalue weighted by atomic mass is 19.3. The van der Waals surface area contributed by atoms with Gasteiger partial charge in [0.05, 0.1) is 6.54 Å². The molecule has 0 bridgehead atoms. The van der Waals surface area contributed by atoms with E-state index in [2.05, 4.69) is 5.32 Å². The smallest absolute Gasteiger partial charge is 0.285 e. The van der Waals surface area contributed by atoms with Gasteiger partial charge >= 0.3 is 0 Å². The van der Waals surface area contributed by atoms with E-state index in [0.29, 0.717) is 5.92 Å². The van der Waals surface area contributed by atoms with E-state index >= 15 is 0 Å². The molecule has 1 fully saturated rings. The normalized spacial score (nSPS) is 16.7. The van der Waals surface area contributed by atoms with Crippen LogP contribution in [0.5, 0.6) is 0 Å². The Hall–Kier alpha value is -0.960. The second-order valence-corrected chi connectivity index (χ2v) is 4.14. The summed E-state index contributed by atoms with van der Waals surface area (Å²) in [6.45, 7) is 0.468. The average molecular weight is 211 g/mol. The van der Waals surface area contributed by atoms with Gasteiger partial charge in [-0.2, -0.15) is 8.78 Å². The molecule has 15 heavy (non-hydrogen) atoms. The van der Waals surface area contributed by atoms with E-state index in [0.717, 1.165) is 6.54 Å². The molecule has 0 amide bonds. The lowest BCUT2D eigenvalue weighted by atomic mass is 10.1. The van der Waals surface area contributed by atoms with Crippen molar-refractivity contribution in [2.75, 3.05) is 13.1 Å². The lowest BCUT2D eigenvalue weighted by molar-refractivity contribution is -0.00317. The van der Waals surface area contributed by atoms with Crippen molar-refractivity contribution in [3.05, 3.63) is 35.9 Å². The van der Waals surface area contributed by atoms with Crippen LogP contribution in [0.3, 0.4) is 0 Å². The molecule has 1 saturated carbocycles. The Kier molecular flexibility index (Phi) is 3.00. The summed E-state index contributed by atoms with van der Waals surface area (Å²) in [6, 6.07) is 7.98. The van der Waals surface area contributed by atoms with Gasteiger partial charge in [-0.15, -0.1) is 0 Å². The number of rotatable bonds is 5. The monoisotopic (exact) mass is 211 g/mol. The van der Waals surface area contributed by atoms with Gasteiger partial charge in [-0.1, -0.05) is 30.3 Å². The molecule has 0 unspecified atom stereocenters. The van der Waals surface area contributed by atoms with Crippen LogP contribution in [0.2, 0.25) is 0 Å². The number of hydrogen-bond donors (Lipinski definition) is 1. The highest BCUT2D eigenvalue weighted by Gasteiger charge is 2.31. The van der Waals surface area contributed by atoms with Gasteiger partial charge in [-0.25, -0.2) is 0 Å². The van der Waals surface area contributed by atoms with Crippen molar-refractivity contribution in [1.29, 1.82) is 0 Å². The van der Waals surface area contributed by atoms with Crippen LogP contribution in [0.1, 0.15) is 18.4 Å². The summed E-state index contributed by atoms with van der Waals surface area (Å²) in [7, 11) is 0. The Bertz CT molecular complexity index is 307. The summed E-state index contributed by atoms with van der Waals surface area (Å²) in [5, 5.41) is 2.84. The van der Waals surface area contributed by atoms with Crippen LogP contribution in [-0.4, -0.2) is 13.1 Å². The second-order valence-electron chi connectivity index (χ2n) is 4.14. The third-order valence-corrected chi connectivity index (χ3v) is 2.67. The number of benzene rings is 1. The minimum Gasteiger partial charge on any atom is -0.311 e. The molecular weight excluding hydrogens is 196 g/mol. The van der Waals surface area contributed by atoms with Crippen molar-refractivity contribution < 1.29 is 8.78 Å². The highest BCUT2D eigenvalue weighted by molar-refractivity contribution is 5.20. The molecule has 0 saturated heterocycles. The van der Waals surface area contributed by atoms with Crippen LogP contribution >= 0.6 is 0 Å². The number of hydrogen-bond acceptors (Lipinski definition) is 1. The maximum atomic E-state index is 13.6. The molecule has 0 heterocycles. The summed E-state index contributed by atoms with van der Waals surface area (Å²) >= 11 is 0. The predicted octanol–water partition coefficient (Wildman–Crippen LogP) is 2.78. The SMILES string of the molecule is FC(F)(CNCC1CC1)c1ccccc1. The van der Waals surface area contributed by atoms with Crippen molar-refractivity contribution in [1.82, 2.24) is 5.32 Å². The Morgan fingerprint density at radius 1 is 1.20 bits per heavy atom. The van der Waals surface area contributed by atoms with Gasteiger partial charge in [0.15, 0.2) is 0 Å². The van der Waals surface area contributed by atoms with Crippen molar-refractivity contribution in [3.8, 4) is 0 Å². The Morgan fingerprint density at radius 2 is 1.87 bits per heavy atom. The molecule has 0 radical (unpaired) electrons. The van der Waals surface area contributed by atoms with E-state index in [1.54, 1.807) is 18.2 Å². The fourth-order valence-electron chi connectivity index (χ4n) is 1.54. The largest absolute Gasteiger partial charge is 0.311 e. The molecule has 0 aliphatic heterocycles. The number of alkyl halides is 2. The van der Waals surface area contributed by atoms with Gasteiger partial charge in [0.1, 0.15) is 0 Å². The fourth-order valence-corrected chi connectivity index (χ4v) is 1.54. The molecule has 1 N–H and O–H groups in total. The van der Waals surface area contributed by atoms with Gasteiger partial charge in [0, 0.05) is 5.56 Å². The van der Waals surface area contributed by atoms with Gasteiger partial charge in [-0.05, 0) is 25.3 Å². The first-order valence-corrected chi connectivity index (χ1v) is 5.32. The molecule has 3 heteroatoms. The minimum absolute atomic E-state index is 0.0910. The zero-order chi connectivity index (χ0) is 10.7. The predicted molar refractivity (Wildman–Crippen MR) is 55.9 cm³/mol. The maximum Gasteiger partial charge on any atom is 0.285 e. The summed E-state index contributed by atoms with van der Waals surface area (Å²) < 4.78 is 27.1. The third kappa shape index (κ3) is 2.99. The van der Waals surface area contributed by atoms with E-state index in [1.807, 2.05) is 0 Å². The molecule has 0 aromatic heterocycles. The molecule has 2 rings (SSSR count). The molecule has 1 aromatic rings. The second kappa shape index (κ2) is 4.27. The van der Waals surface area contributed by atoms with Crippen LogP contribution in [0.4, 0.5) is 8.78 Å². The zero-order valence-corrected chi connectivity index (χ0v) is 8.55. The molecule has 0 spiro atoms. The minimum atomic E-state index is -2.75. The van der Waals surface area contributed by atoms with Crippen molar-refractivity contribution in [2.24, 2.45) is 5.92 Å². The standard InChI is InChI=1S/C12H15F2N/c13-12(14,9-15-8-10-6-7-10)11-4-2-1-3-5-11/h1-5,10,15H,6-9H2. The molecule has 0 atom stereocenters. The highest BCUT2D eigenvalue weighted by Crippen LogP contribution is 2.29. The molecule has 1 nitrogen and oxygen atoms in total. The van der Waals surface area contributed by atoms with Crippen molar-refractivity contribution in [2.45, 2.75) is 18.8 Å². The van der Waals surface area contributed by atoms with E-state index in [9.17, 15) is 8.78 Å². The average Bonchev–Trinajstić information content (AvgIpc) is 3.03. The van der Waals surface area contributed by atoms with Crippen LogP contribution in [-0.2, 0) is 5.92 Å². The Labute approximate surface area is 88.5 Å². The maximum absolute atomic E-state index is 13.6. The number of nitrogens with one attached hydrogen (secondary N) is 1. The van der Waals surface area contributed by atoms with Crippen LogP contribution in [0.15, 0.2) is 30.3 Å². The molecule has 1 aliphatic carbocycles. The lowest BCUT2D eigenvalue weighted by Crippen LogP contribution is -2.31. The third-order valence-electron chi connectivity index (χ3n) is 2.67. The van der Waals surface area contributed by atoms with Gasteiger partial charge in [0.25, 0.3) is 5.92 Å². The zero-order valence-electron chi connectivity index (χ0n) is 8.55. The molecular formula is C12H15F2N. The first-order chi connectivity index (χ1) is 7.18. The van der Waals surface area contributed by atoms with Crippen molar-refractivity contribution >= 4 is 0 Å². The first kappa shape index (κ1) is 10.6. The van der Waals surface area contributed by atoms with Crippen LogP contribution < -0.4 is 5.32 Å². The number of halogens is 2. The molecule has 1 aliphatic rings. The summed E-state index contributed by atoms with van der Waals surface area (Å²) in [4.78, 5) is 0. The first-order valence-electron chi connectivity index (χ1n) is 5.32. The molecule has 1 aromatic carbocycles. The van der Waals surface area contributed by atoms with E-state index in [4.69, 9.17) is 0 Å². The van der Waals surface area contributed by atoms with E-state index in [1.165, 1.54) is 25.0 Å². The van der Waals surface area contributed by atoms with E-state index < -0.39 is 5.92 Å². The lowest BCUT2D eigenvalue weighted by Gasteiger charge is -2.17.